The second kappa shape index (κ2) is 3.68. The zero-order chi connectivity index (χ0) is 13.1. The average molecular weight is 248 g/mol. The molecule has 0 spiro atoms. The standard InChI is InChI=1S/C16H24O2/c1-10(2)14(18)16-7-12-4-13(8-16)6-15(5-12,9-16)11(3)17/h10,12-13H,4-9H2,1-3H3/t12-,13+,15?,16?. The maximum Gasteiger partial charge on any atom is 0.141 e. The molecule has 100 valence electrons. The lowest BCUT2D eigenvalue weighted by Gasteiger charge is -2.61. The Labute approximate surface area is 110 Å². The Balaban J connectivity index is 1.99. The van der Waals surface area contributed by atoms with Crippen molar-refractivity contribution in [3.63, 3.8) is 0 Å². The fourth-order valence-electron chi connectivity index (χ4n) is 5.58. The number of ketones is 2. The zero-order valence-electron chi connectivity index (χ0n) is 11.8. The van der Waals surface area contributed by atoms with Crippen molar-refractivity contribution in [3.05, 3.63) is 0 Å². The molecule has 2 nitrogen and oxygen atoms in total. The third kappa shape index (κ3) is 1.53. The lowest BCUT2D eigenvalue weighted by atomic mass is 9.42. The molecule has 4 aliphatic rings. The molecule has 4 rings (SSSR count). The minimum atomic E-state index is -0.135. The van der Waals surface area contributed by atoms with Crippen molar-refractivity contribution in [1.29, 1.82) is 0 Å². The van der Waals surface area contributed by atoms with Gasteiger partial charge in [-0.05, 0) is 57.3 Å². The Morgan fingerprint density at radius 2 is 1.50 bits per heavy atom. The fourth-order valence-corrected chi connectivity index (χ4v) is 5.58. The summed E-state index contributed by atoms with van der Waals surface area (Å²) < 4.78 is 0. The Hall–Kier alpha value is -0.660. The van der Waals surface area contributed by atoms with Crippen LogP contribution in [0.4, 0.5) is 0 Å². The molecular weight excluding hydrogens is 224 g/mol. The highest BCUT2D eigenvalue weighted by Crippen LogP contribution is 2.66. The quantitative estimate of drug-likeness (QED) is 0.767. The number of carbonyl (C=O) groups excluding carboxylic acids is 2. The molecule has 2 heteroatoms. The second-order valence-corrected chi connectivity index (χ2v) is 7.60. The van der Waals surface area contributed by atoms with Crippen molar-refractivity contribution in [1.82, 2.24) is 0 Å². The third-order valence-electron chi connectivity index (χ3n) is 5.85. The lowest BCUT2D eigenvalue weighted by molar-refractivity contribution is -0.165. The predicted octanol–water partition coefficient (Wildman–Crippen LogP) is 3.39. The lowest BCUT2D eigenvalue weighted by Crippen LogP contribution is -2.57. The first-order chi connectivity index (χ1) is 8.37. The van der Waals surface area contributed by atoms with Crippen LogP contribution >= 0.6 is 0 Å². The summed E-state index contributed by atoms with van der Waals surface area (Å²) in [5.74, 6) is 2.17. The van der Waals surface area contributed by atoms with E-state index in [9.17, 15) is 9.59 Å². The summed E-state index contributed by atoms with van der Waals surface area (Å²) in [4.78, 5) is 24.8. The van der Waals surface area contributed by atoms with Crippen LogP contribution in [-0.4, -0.2) is 11.6 Å². The van der Waals surface area contributed by atoms with Crippen molar-refractivity contribution in [2.75, 3.05) is 0 Å². The maximum absolute atomic E-state index is 12.6. The highest BCUT2D eigenvalue weighted by Gasteiger charge is 2.61. The molecule has 18 heavy (non-hydrogen) atoms. The van der Waals surface area contributed by atoms with Gasteiger partial charge in [-0.3, -0.25) is 9.59 Å². The predicted molar refractivity (Wildman–Crippen MR) is 70.1 cm³/mol. The van der Waals surface area contributed by atoms with Gasteiger partial charge in [-0.1, -0.05) is 13.8 Å². The molecule has 4 atom stereocenters. The van der Waals surface area contributed by atoms with Crippen molar-refractivity contribution in [2.45, 2.75) is 59.3 Å². The van der Waals surface area contributed by atoms with E-state index in [1.807, 2.05) is 13.8 Å². The average Bonchev–Trinajstić information content (AvgIpc) is 2.25. The third-order valence-corrected chi connectivity index (χ3v) is 5.85. The molecular formula is C16H24O2. The summed E-state index contributed by atoms with van der Waals surface area (Å²) in [7, 11) is 0. The number of carbonyl (C=O) groups is 2. The van der Waals surface area contributed by atoms with E-state index in [1.165, 1.54) is 6.42 Å². The molecule has 2 unspecified atom stereocenters. The van der Waals surface area contributed by atoms with Gasteiger partial charge in [-0.2, -0.15) is 0 Å². The highest BCUT2D eigenvalue weighted by atomic mass is 16.1. The normalized spacial score (nSPS) is 45.6. The molecule has 0 aromatic heterocycles. The summed E-state index contributed by atoms with van der Waals surface area (Å²) in [5, 5.41) is 0. The Morgan fingerprint density at radius 3 is 1.94 bits per heavy atom. The van der Waals surface area contributed by atoms with Gasteiger partial charge >= 0.3 is 0 Å². The van der Waals surface area contributed by atoms with Crippen molar-refractivity contribution < 1.29 is 9.59 Å². The Kier molecular flexibility index (Phi) is 2.53. The summed E-state index contributed by atoms with van der Waals surface area (Å²) >= 11 is 0. The van der Waals surface area contributed by atoms with Crippen LogP contribution in [-0.2, 0) is 9.59 Å². The zero-order valence-corrected chi connectivity index (χ0v) is 11.8. The van der Waals surface area contributed by atoms with Crippen LogP contribution in [0.1, 0.15) is 59.3 Å². The summed E-state index contributed by atoms with van der Waals surface area (Å²) in [6.07, 6.45) is 6.38. The van der Waals surface area contributed by atoms with Crippen LogP contribution in [0.5, 0.6) is 0 Å². The minimum absolute atomic E-state index is 0.116. The second-order valence-electron chi connectivity index (χ2n) is 7.60. The first kappa shape index (κ1) is 12.4. The van der Waals surface area contributed by atoms with Gasteiger partial charge in [0.25, 0.3) is 0 Å². The molecule has 0 saturated heterocycles. The fraction of sp³-hybridized carbons (Fsp3) is 0.875. The Bertz CT molecular complexity index is 393. The van der Waals surface area contributed by atoms with Gasteiger partial charge in [0.1, 0.15) is 11.6 Å². The van der Waals surface area contributed by atoms with Gasteiger partial charge in [-0.25, -0.2) is 0 Å². The van der Waals surface area contributed by atoms with Crippen molar-refractivity contribution >= 4 is 11.6 Å². The first-order valence-corrected chi connectivity index (χ1v) is 7.42. The molecule has 4 saturated carbocycles. The topological polar surface area (TPSA) is 34.1 Å². The van der Waals surface area contributed by atoms with Crippen LogP contribution in [0.2, 0.25) is 0 Å². The van der Waals surface area contributed by atoms with E-state index in [4.69, 9.17) is 0 Å². The monoisotopic (exact) mass is 248 g/mol. The van der Waals surface area contributed by atoms with Gasteiger partial charge in [0.05, 0.1) is 0 Å². The molecule has 0 radical (unpaired) electrons. The number of hydrogen-bond donors (Lipinski definition) is 0. The molecule has 0 N–H and O–H groups in total. The number of hydrogen-bond acceptors (Lipinski definition) is 2. The first-order valence-electron chi connectivity index (χ1n) is 7.42. The summed E-state index contributed by atoms with van der Waals surface area (Å²) in [6, 6.07) is 0. The van der Waals surface area contributed by atoms with Gasteiger partial charge in [0.15, 0.2) is 0 Å². The molecule has 0 aliphatic heterocycles. The van der Waals surface area contributed by atoms with E-state index >= 15 is 0 Å². The minimum Gasteiger partial charge on any atom is -0.299 e. The van der Waals surface area contributed by atoms with Crippen molar-refractivity contribution in [2.24, 2.45) is 28.6 Å². The van der Waals surface area contributed by atoms with Crippen LogP contribution in [0.3, 0.4) is 0 Å². The molecule has 0 heterocycles. The molecule has 4 bridgehead atoms. The van der Waals surface area contributed by atoms with Gasteiger partial charge in [-0.15, -0.1) is 0 Å². The maximum atomic E-state index is 12.6. The molecule has 0 aromatic carbocycles. The number of rotatable bonds is 3. The van der Waals surface area contributed by atoms with Gasteiger partial charge in [0.2, 0.25) is 0 Å². The summed E-state index contributed by atoms with van der Waals surface area (Å²) in [5.41, 5.74) is -0.265. The van der Waals surface area contributed by atoms with Crippen LogP contribution in [0.15, 0.2) is 0 Å². The van der Waals surface area contributed by atoms with E-state index in [1.54, 1.807) is 6.92 Å². The molecule has 4 fully saturated rings. The molecule has 4 aliphatic carbocycles. The van der Waals surface area contributed by atoms with E-state index in [0.717, 1.165) is 32.1 Å². The van der Waals surface area contributed by atoms with Crippen molar-refractivity contribution in [3.8, 4) is 0 Å². The highest BCUT2D eigenvalue weighted by molar-refractivity contribution is 5.90. The van der Waals surface area contributed by atoms with E-state index in [-0.39, 0.29) is 16.7 Å². The van der Waals surface area contributed by atoms with E-state index < -0.39 is 0 Å². The van der Waals surface area contributed by atoms with E-state index in [0.29, 0.717) is 23.4 Å². The Morgan fingerprint density at radius 1 is 1.00 bits per heavy atom. The number of Topliss-reactive ketones (excluding diaryl/α,β-unsaturated/α-hetero) is 2. The van der Waals surface area contributed by atoms with Crippen LogP contribution in [0, 0.1) is 28.6 Å². The van der Waals surface area contributed by atoms with E-state index in [2.05, 4.69) is 0 Å². The van der Waals surface area contributed by atoms with Gasteiger partial charge in [0, 0.05) is 16.7 Å². The SMILES string of the molecule is CC(=O)C12C[C@H]3C[C@@H](C1)CC(C(=O)C(C)C)(C3)C2. The van der Waals surface area contributed by atoms with Crippen LogP contribution < -0.4 is 0 Å². The largest absolute Gasteiger partial charge is 0.299 e. The van der Waals surface area contributed by atoms with Gasteiger partial charge < -0.3 is 0 Å². The molecule has 0 amide bonds. The van der Waals surface area contributed by atoms with Crippen LogP contribution in [0.25, 0.3) is 0 Å². The smallest absolute Gasteiger partial charge is 0.141 e. The summed E-state index contributed by atoms with van der Waals surface area (Å²) in [6.45, 7) is 5.78. The molecule has 0 aromatic rings.